The fourth-order valence-electron chi connectivity index (χ4n) is 2.67. The first-order chi connectivity index (χ1) is 9.02. The van der Waals surface area contributed by atoms with E-state index < -0.39 is 0 Å². The van der Waals surface area contributed by atoms with Gasteiger partial charge in [0, 0.05) is 19.1 Å². The number of nitrogens with zero attached hydrogens (tertiary/aromatic N) is 2. The highest BCUT2D eigenvalue weighted by molar-refractivity contribution is 7.12. The molecule has 2 unspecified atom stereocenters. The van der Waals surface area contributed by atoms with Crippen molar-refractivity contribution in [3.8, 4) is 0 Å². The normalized spacial score (nSPS) is 23.3. The molecule has 1 aliphatic rings. The largest absolute Gasteiger partial charge is 0.391 e. The van der Waals surface area contributed by atoms with E-state index in [2.05, 4.69) is 11.8 Å². The number of β-amino-alcohol motifs (C(OH)–C–C–N with tert-alkyl or cyclic N) is 1. The third-order valence-electron chi connectivity index (χ3n) is 3.55. The highest BCUT2D eigenvalue weighted by Gasteiger charge is 2.35. The smallest absolute Gasteiger partial charge is 0.264 e. The Hall–Kier alpha value is -0.910. The Labute approximate surface area is 118 Å². The van der Waals surface area contributed by atoms with Crippen molar-refractivity contribution in [1.29, 1.82) is 0 Å². The summed E-state index contributed by atoms with van der Waals surface area (Å²) in [6, 6.07) is 2.13. The van der Waals surface area contributed by atoms with Crippen LogP contribution in [0.5, 0.6) is 0 Å². The average molecular weight is 282 g/mol. The van der Waals surface area contributed by atoms with Gasteiger partial charge < -0.3 is 14.9 Å². The molecule has 1 N–H and O–H groups in total. The molecule has 5 heteroatoms. The van der Waals surface area contributed by atoms with E-state index >= 15 is 0 Å². The monoisotopic (exact) mass is 282 g/mol. The van der Waals surface area contributed by atoms with Gasteiger partial charge in [-0.3, -0.25) is 4.79 Å². The molecule has 2 rings (SSSR count). The zero-order chi connectivity index (χ0) is 14.0. The maximum absolute atomic E-state index is 12.6. The predicted molar refractivity (Wildman–Crippen MR) is 77.7 cm³/mol. The molecular formula is C14H22N2O2S. The lowest BCUT2D eigenvalue weighted by Crippen LogP contribution is -2.41. The number of amides is 1. The lowest BCUT2D eigenvalue weighted by molar-refractivity contribution is 0.0703. The summed E-state index contributed by atoms with van der Waals surface area (Å²) in [4.78, 5) is 17.4. The molecule has 1 amide bonds. The molecule has 0 aliphatic carbocycles. The van der Waals surface area contributed by atoms with Crippen molar-refractivity contribution >= 4 is 17.2 Å². The molecule has 1 fully saturated rings. The molecule has 19 heavy (non-hydrogen) atoms. The maximum Gasteiger partial charge on any atom is 0.264 e. The Morgan fingerprint density at radius 2 is 2.32 bits per heavy atom. The Bertz CT molecular complexity index is 444. The number of aliphatic hydroxyl groups excluding tert-OH is 1. The fraction of sp³-hybridized carbons (Fsp3) is 0.643. The molecule has 0 aromatic carbocycles. The van der Waals surface area contributed by atoms with Crippen LogP contribution in [-0.4, -0.2) is 60.1 Å². The fourth-order valence-corrected chi connectivity index (χ4v) is 3.62. The van der Waals surface area contributed by atoms with E-state index in [0.717, 1.165) is 23.4 Å². The van der Waals surface area contributed by atoms with Crippen molar-refractivity contribution in [1.82, 2.24) is 9.80 Å². The zero-order valence-electron chi connectivity index (χ0n) is 11.8. The van der Waals surface area contributed by atoms with Gasteiger partial charge in [-0.2, -0.15) is 0 Å². The summed E-state index contributed by atoms with van der Waals surface area (Å²) in [5.41, 5.74) is 1.11. The molecule has 0 bridgehead atoms. The Kier molecular flexibility index (Phi) is 4.60. The number of thiophene rings is 1. The Morgan fingerprint density at radius 3 is 2.95 bits per heavy atom. The van der Waals surface area contributed by atoms with Crippen LogP contribution in [0.2, 0.25) is 0 Å². The SMILES string of the molecule is CCc1ccsc1C(=O)N1CC(O)CC1CN(C)C. The van der Waals surface area contributed by atoms with Crippen LogP contribution in [0.15, 0.2) is 11.4 Å². The van der Waals surface area contributed by atoms with Gasteiger partial charge in [0.2, 0.25) is 0 Å². The lowest BCUT2D eigenvalue weighted by Gasteiger charge is -2.26. The van der Waals surface area contributed by atoms with Gasteiger partial charge >= 0.3 is 0 Å². The molecule has 2 atom stereocenters. The number of likely N-dealkylation sites (N-methyl/N-ethyl adjacent to an activating group) is 1. The number of carbonyl (C=O) groups is 1. The van der Waals surface area contributed by atoms with E-state index in [4.69, 9.17) is 0 Å². The van der Waals surface area contributed by atoms with Crippen molar-refractivity contribution in [2.45, 2.75) is 31.9 Å². The highest BCUT2D eigenvalue weighted by Crippen LogP contribution is 2.25. The molecular weight excluding hydrogens is 260 g/mol. The first kappa shape index (κ1) is 14.5. The van der Waals surface area contributed by atoms with Crippen LogP contribution in [-0.2, 0) is 6.42 Å². The van der Waals surface area contributed by atoms with Gasteiger partial charge in [-0.05, 0) is 43.9 Å². The number of aryl methyl sites for hydroxylation is 1. The average Bonchev–Trinajstić information content (AvgIpc) is 2.93. The van der Waals surface area contributed by atoms with Gasteiger partial charge in [-0.25, -0.2) is 0 Å². The number of aliphatic hydroxyl groups is 1. The third kappa shape index (κ3) is 3.16. The quantitative estimate of drug-likeness (QED) is 0.909. The van der Waals surface area contributed by atoms with Crippen molar-refractivity contribution < 1.29 is 9.90 Å². The minimum absolute atomic E-state index is 0.0789. The Balaban J connectivity index is 2.17. The molecule has 1 aromatic heterocycles. The van der Waals surface area contributed by atoms with Gasteiger partial charge in [0.1, 0.15) is 0 Å². The molecule has 1 saturated heterocycles. The number of rotatable bonds is 4. The van der Waals surface area contributed by atoms with Crippen molar-refractivity contribution in [3.63, 3.8) is 0 Å². The third-order valence-corrected chi connectivity index (χ3v) is 4.50. The van der Waals surface area contributed by atoms with Gasteiger partial charge in [-0.1, -0.05) is 6.92 Å². The summed E-state index contributed by atoms with van der Waals surface area (Å²) in [6.07, 6.45) is 1.16. The molecule has 2 heterocycles. The second-order valence-electron chi connectivity index (χ2n) is 5.39. The number of hydrogen-bond acceptors (Lipinski definition) is 4. The van der Waals surface area contributed by atoms with Gasteiger partial charge in [0.25, 0.3) is 5.91 Å². The van der Waals surface area contributed by atoms with Gasteiger partial charge in [-0.15, -0.1) is 11.3 Å². The van der Waals surface area contributed by atoms with Crippen LogP contribution >= 0.6 is 11.3 Å². The van der Waals surface area contributed by atoms with E-state index in [-0.39, 0.29) is 18.1 Å². The van der Waals surface area contributed by atoms with Crippen molar-refractivity contribution in [2.75, 3.05) is 27.2 Å². The lowest BCUT2D eigenvalue weighted by atomic mass is 10.1. The summed E-state index contributed by atoms with van der Waals surface area (Å²) in [5, 5.41) is 11.8. The van der Waals surface area contributed by atoms with Crippen LogP contribution < -0.4 is 0 Å². The van der Waals surface area contributed by atoms with E-state index in [1.165, 1.54) is 11.3 Å². The number of likely N-dealkylation sites (tertiary alicyclic amines) is 1. The number of carbonyl (C=O) groups excluding carboxylic acids is 1. The van der Waals surface area contributed by atoms with Gasteiger partial charge in [0.05, 0.1) is 11.0 Å². The summed E-state index contributed by atoms with van der Waals surface area (Å²) in [7, 11) is 3.99. The molecule has 1 aromatic rings. The van der Waals surface area contributed by atoms with E-state index in [0.29, 0.717) is 13.0 Å². The first-order valence-electron chi connectivity index (χ1n) is 6.73. The van der Waals surface area contributed by atoms with Crippen molar-refractivity contribution in [3.05, 3.63) is 21.9 Å². The summed E-state index contributed by atoms with van der Waals surface area (Å²) < 4.78 is 0. The predicted octanol–water partition coefficient (Wildman–Crippen LogP) is 1.45. The molecule has 1 aliphatic heterocycles. The summed E-state index contributed by atoms with van der Waals surface area (Å²) in [5.74, 6) is 0.0789. The van der Waals surface area contributed by atoms with E-state index in [1.807, 2.05) is 30.4 Å². The molecule has 0 spiro atoms. The maximum atomic E-state index is 12.6. The van der Waals surface area contributed by atoms with Gasteiger partial charge in [0.15, 0.2) is 0 Å². The highest BCUT2D eigenvalue weighted by atomic mass is 32.1. The summed E-state index contributed by atoms with van der Waals surface area (Å²) in [6.45, 7) is 3.32. The Morgan fingerprint density at radius 1 is 1.58 bits per heavy atom. The second-order valence-corrected chi connectivity index (χ2v) is 6.31. The molecule has 4 nitrogen and oxygen atoms in total. The molecule has 0 radical (unpaired) electrons. The topological polar surface area (TPSA) is 43.8 Å². The molecule has 0 saturated carbocycles. The van der Waals surface area contributed by atoms with Crippen LogP contribution in [0.25, 0.3) is 0 Å². The van der Waals surface area contributed by atoms with Crippen LogP contribution in [0.3, 0.4) is 0 Å². The van der Waals surface area contributed by atoms with Crippen molar-refractivity contribution in [2.24, 2.45) is 0 Å². The zero-order valence-corrected chi connectivity index (χ0v) is 12.6. The minimum atomic E-state index is -0.390. The second kappa shape index (κ2) is 6.03. The first-order valence-corrected chi connectivity index (χ1v) is 7.61. The van der Waals surface area contributed by atoms with Crippen LogP contribution in [0.1, 0.15) is 28.6 Å². The van der Waals surface area contributed by atoms with Crippen LogP contribution in [0, 0.1) is 0 Å². The van der Waals surface area contributed by atoms with Crippen LogP contribution in [0.4, 0.5) is 0 Å². The number of hydrogen-bond donors (Lipinski definition) is 1. The van der Waals surface area contributed by atoms with E-state index in [1.54, 1.807) is 0 Å². The summed E-state index contributed by atoms with van der Waals surface area (Å²) >= 11 is 1.50. The molecule has 106 valence electrons. The van der Waals surface area contributed by atoms with E-state index in [9.17, 15) is 9.90 Å². The minimum Gasteiger partial charge on any atom is -0.391 e. The standard InChI is InChI=1S/C14H22N2O2S/c1-4-10-5-6-19-13(10)14(18)16-9-12(17)7-11(16)8-15(2)3/h5-6,11-12,17H,4,7-9H2,1-3H3.